The number of halogens is 1. The van der Waals surface area contributed by atoms with Gasteiger partial charge in [0.15, 0.2) is 0 Å². The first-order valence-corrected chi connectivity index (χ1v) is 19.7. The number of hydrogen-bond donors (Lipinski definition) is 2. The molecule has 2 aromatic carbocycles. The van der Waals surface area contributed by atoms with E-state index in [0.29, 0.717) is 5.46 Å². The summed E-state index contributed by atoms with van der Waals surface area (Å²) in [5.41, 5.74) is 2.77. The van der Waals surface area contributed by atoms with E-state index in [9.17, 15) is 0 Å². The Morgan fingerprint density at radius 1 is 0.611 bits per heavy atom. The molecule has 0 saturated carbocycles. The maximum absolute atomic E-state index is 8.58. The summed E-state index contributed by atoms with van der Waals surface area (Å²) in [7, 11) is -3.70. The Morgan fingerprint density at radius 3 is 1.44 bits per heavy atom. The molecular formula is C28H36BBrN2O2Si2. The summed E-state index contributed by atoms with van der Waals surface area (Å²) in [6.45, 7) is 14.0. The van der Waals surface area contributed by atoms with E-state index in [1.54, 1.807) is 24.3 Å². The van der Waals surface area contributed by atoms with Crippen LogP contribution in [0.2, 0.25) is 39.3 Å². The number of benzene rings is 2. The van der Waals surface area contributed by atoms with Crippen molar-refractivity contribution in [2.45, 2.75) is 39.3 Å². The van der Waals surface area contributed by atoms with Gasteiger partial charge in [-0.2, -0.15) is 0 Å². The zero-order valence-corrected chi connectivity index (χ0v) is 25.6. The summed E-state index contributed by atoms with van der Waals surface area (Å²) >= 11 is 3.32. The summed E-state index contributed by atoms with van der Waals surface area (Å²) in [5, 5.41) is 20.0. The Bertz CT molecular complexity index is 1160. The Hall–Kier alpha value is -2.36. The van der Waals surface area contributed by atoms with Crippen molar-refractivity contribution in [1.29, 1.82) is 0 Å². The van der Waals surface area contributed by atoms with Crippen LogP contribution in [-0.4, -0.2) is 43.3 Å². The lowest BCUT2D eigenvalue weighted by Crippen LogP contribution is -2.37. The van der Waals surface area contributed by atoms with Gasteiger partial charge in [0, 0.05) is 18.0 Å². The average Bonchev–Trinajstić information content (AvgIpc) is 2.85. The third-order valence-corrected chi connectivity index (χ3v) is 9.91. The highest BCUT2D eigenvalue weighted by atomic mass is 79.9. The van der Waals surface area contributed by atoms with Gasteiger partial charge >= 0.3 is 7.12 Å². The Morgan fingerprint density at radius 2 is 1.08 bits per heavy atom. The molecule has 0 amide bonds. The van der Waals surface area contributed by atoms with Crippen LogP contribution in [-0.2, 0) is 0 Å². The summed E-state index contributed by atoms with van der Waals surface area (Å²) in [4.78, 5) is 8.75. The average molecular weight is 579 g/mol. The van der Waals surface area contributed by atoms with E-state index < -0.39 is 23.3 Å². The number of rotatable bonds is 4. The van der Waals surface area contributed by atoms with Crippen LogP contribution in [0.25, 0.3) is 11.3 Å². The molecule has 36 heavy (non-hydrogen) atoms. The number of pyridine rings is 2. The van der Waals surface area contributed by atoms with Crippen molar-refractivity contribution in [2.24, 2.45) is 0 Å². The molecular weight excluding hydrogens is 543 g/mol. The Kier molecular flexibility index (Phi) is 11.5. The van der Waals surface area contributed by atoms with Crippen LogP contribution in [0.1, 0.15) is 0 Å². The zero-order valence-electron chi connectivity index (χ0n) is 22.0. The highest BCUT2D eigenvalue weighted by Gasteiger charge is 2.17. The van der Waals surface area contributed by atoms with Crippen LogP contribution >= 0.6 is 15.9 Å². The topological polar surface area (TPSA) is 66.2 Å². The molecule has 0 atom stereocenters. The van der Waals surface area contributed by atoms with Gasteiger partial charge in [0.25, 0.3) is 0 Å². The molecule has 2 heterocycles. The molecule has 0 aliphatic heterocycles. The molecule has 0 bridgehead atoms. The largest absolute Gasteiger partial charge is 0.488 e. The molecule has 188 valence electrons. The Balaban J connectivity index is 0.000000200. The number of aromatic nitrogens is 2. The molecule has 0 fully saturated rings. The van der Waals surface area contributed by atoms with Gasteiger partial charge in [-0.05, 0) is 43.9 Å². The lowest BCUT2D eigenvalue weighted by atomic mass is 9.81. The van der Waals surface area contributed by atoms with Crippen LogP contribution in [0.4, 0.5) is 0 Å². The van der Waals surface area contributed by atoms with E-state index >= 15 is 0 Å². The Labute approximate surface area is 226 Å². The SMILES string of the molecule is C[Si](C)(C)c1ccc(-c2ccccc2)nc1.C[Si](C)(C)c1ccc(Br)nc1.OB(O)c1ccccc1. The quantitative estimate of drug-likeness (QED) is 0.263. The molecule has 0 saturated heterocycles. The highest BCUT2D eigenvalue weighted by molar-refractivity contribution is 9.10. The second-order valence-corrected chi connectivity index (χ2v) is 21.4. The predicted molar refractivity (Wildman–Crippen MR) is 164 cm³/mol. The van der Waals surface area contributed by atoms with Crippen LogP contribution in [0, 0.1) is 0 Å². The lowest BCUT2D eigenvalue weighted by molar-refractivity contribution is 0.426. The van der Waals surface area contributed by atoms with E-state index in [4.69, 9.17) is 10.0 Å². The van der Waals surface area contributed by atoms with Gasteiger partial charge in [0.1, 0.15) is 4.60 Å². The van der Waals surface area contributed by atoms with Gasteiger partial charge in [0.2, 0.25) is 0 Å². The second-order valence-electron chi connectivity index (χ2n) is 10.5. The number of nitrogens with zero attached hydrogens (tertiary/aromatic N) is 2. The molecule has 0 unspecified atom stereocenters. The molecule has 0 spiro atoms. The van der Waals surface area contributed by atoms with Crippen molar-refractivity contribution in [3.05, 3.63) is 102 Å². The maximum Gasteiger partial charge on any atom is 0.488 e. The van der Waals surface area contributed by atoms with Crippen molar-refractivity contribution >= 4 is 55.0 Å². The van der Waals surface area contributed by atoms with Crippen molar-refractivity contribution < 1.29 is 10.0 Å². The minimum Gasteiger partial charge on any atom is -0.423 e. The summed E-state index contributed by atoms with van der Waals surface area (Å²) in [6.07, 6.45) is 4.00. The monoisotopic (exact) mass is 578 g/mol. The molecule has 4 nitrogen and oxygen atoms in total. The summed E-state index contributed by atoms with van der Waals surface area (Å²) in [5.74, 6) is 0. The first-order chi connectivity index (χ1) is 16.9. The predicted octanol–water partition coefficient (Wildman–Crippen LogP) is 5.05. The van der Waals surface area contributed by atoms with E-state index in [1.807, 2.05) is 42.7 Å². The van der Waals surface area contributed by atoms with Crippen LogP contribution in [0.15, 0.2) is 102 Å². The molecule has 4 aromatic rings. The van der Waals surface area contributed by atoms with Crippen LogP contribution < -0.4 is 15.8 Å². The first-order valence-electron chi connectivity index (χ1n) is 11.9. The smallest absolute Gasteiger partial charge is 0.423 e. The van der Waals surface area contributed by atoms with Crippen molar-refractivity contribution in [3.63, 3.8) is 0 Å². The molecule has 4 rings (SSSR count). The van der Waals surface area contributed by atoms with Crippen molar-refractivity contribution in [1.82, 2.24) is 9.97 Å². The third-order valence-electron chi connectivity index (χ3n) is 5.39. The van der Waals surface area contributed by atoms with Gasteiger partial charge in [-0.3, -0.25) is 4.98 Å². The van der Waals surface area contributed by atoms with Gasteiger partial charge in [-0.15, -0.1) is 0 Å². The van der Waals surface area contributed by atoms with Crippen molar-refractivity contribution in [3.8, 4) is 11.3 Å². The zero-order chi connectivity index (χ0) is 26.8. The fraction of sp³-hybridized carbons (Fsp3) is 0.214. The van der Waals surface area contributed by atoms with Gasteiger partial charge < -0.3 is 10.0 Å². The molecule has 8 heteroatoms. The fourth-order valence-corrected chi connectivity index (χ4v) is 5.37. The molecule has 0 aliphatic carbocycles. The van der Waals surface area contributed by atoms with E-state index in [-0.39, 0.29) is 0 Å². The first kappa shape index (κ1) is 29.9. The highest BCUT2D eigenvalue weighted by Crippen LogP contribution is 2.15. The molecule has 2 N–H and O–H groups in total. The lowest BCUT2D eigenvalue weighted by Gasteiger charge is -2.16. The maximum atomic E-state index is 8.58. The van der Waals surface area contributed by atoms with E-state index in [0.717, 1.165) is 10.3 Å². The van der Waals surface area contributed by atoms with Gasteiger partial charge in [-0.25, -0.2) is 4.98 Å². The van der Waals surface area contributed by atoms with Crippen LogP contribution in [0.5, 0.6) is 0 Å². The van der Waals surface area contributed by atoms with Gasteiger partial charge in [0.05, 0.1) is 21.8 Å². The fourth-order valence-electron chi connectivity index (χ4n) is 3.06. The number of hydrogen-bond acceptors (Lipinski definition) is 4. The third kappa shape index (κ3) is 10.3. The van der Waals surface area contributed by atoms with E-state index in [2.05, 4.69) is 95.5 Å². The standard InChI is InChI=1S/C14H17NSi.C8H12BrNSi.C6H7BO2/c1-16(2,3)13-9-10-14(15-11-13)12-7-5-4-6-8-12;1-11(2,3)7-4-5-8(9)10-6-7;8-7(9)6-4-2-1-3-5-6/h4-11H,1-3H3;4-6H,1-3H3;1-5,8-9H. The van der Waals surface area contributed by atoms with Gasteiger partial charge in [-0.1, -0.05) is 112 Å². The normalized spacial score (nSPS) is 10.9. The molecule has 0 radical (unpaired) electrons. The minimum absolute atomic E-state index is 0.525. The molecule has 0 aliphatic rings. The van der Waals surface area contributed by atoms with Crippen molar-refractivity contribution in [2.75, 3.05) is 0 Å². The second kappa shape index (κ2) is 13.8. The minimum atomic E-state index is -1.34. The summed E-state index contributed by atoms with van der Waals surface area (Å²) < 4.78 is 0.916. The summed E-state index contributed by atoms with van der Waals surface area (Å²) in [6, 6.07) is 27.5. The molecule has 2 aromatic heterocycles. The van der Waals surface area contributed by atoms with Crippen LogP contribution in [0.3, 0.4) is 0 Å². The van der Waals surface area contributed by atoms with E-state index in [1.165, 1.54) is 15.9 Å².